The number of rotatable bonds is 4. The molecule has 0 radical (unpaired) electrons. The van der Waals surface area contributed by atoms with Crippen LogP contribution < -0.4 is 10.9 Å². The van der Waals surface area contributed by atoms with Crippen molar-refractivity contribution in [1.82, 2.24) is 4.98 Å². The van der Waals surface area contributed by atoms with Crippen LogP contribution in [-0.4, -0.2) is 4.98 Å². The second-order valence-electron chi connectivity index (χ2n) is 6.53. The molecule has 0 aliphatic rings. The van der Waals surface area contributed by atoms with Crippen LogP contribution in [0.1, 0.15) is 10.6 Å². The Morgan fingerprint density at radius 1 is 1.22 bits per heavy atom. The summed E-state index contributed by atoms with van der Waals surface area (Å²) in [6.45, 7) is 0. The van der Waals surface area contributed by atoms with Gasteiger partial charge in [-0.15, -0.1) is 11.3 Å². The monoisotopic (exact) mass is 473 g/mol. The van der Waals surface area contributed by atoms with Crippen LogP contribution in [0.15, 0.2) is 69.3 Å². The van der Waals surface area contributed by atoms with Gasteiger partial charge in [0.05, 0.1) is 22.5 Å². The summed E-state index contributed by atoms with van der Waals surface area (Å²) in [4.78, 5) is 16.6. The molecule has 32 heavy (non-hydrogen) atoms. The van der Waals surface area contributed by atoms with Gasteiger partial charge in [-0.3, -0.25) is 0 Å². The van der Waals surface area contributed by atoms with Crippen LogP contribution in [0.2, 0.25) is 5.02 Å². The third kappa shape index (κ3) is 4.37. The van der Waals surface area contributed by atoms with E-state index in [0.29, 0.717) is 16.7 Å². The van der Waals surface area contributed by atoms with Crippen LogP contribution in [0.25, 0.3) is 27.8 Å². The maximum atomic E-state index is 13.3. The number of nitriles is 1. The zero-order valence-corrected chi connectivity index (χ0v) is 17.5. The lowest BCUT2D eigenvalue weighted by Crippen LogP contribution is -2.08. The van der Waals surface area contributed by atoms with E-state index in [-0.39, 0.29) is 26.9 Å². The van der Waals surface area contributed by atoms with E-state index in [9.17, 15) is 23.2 Å². The number of allylic oxidation sites excluding steroid dienone is 1. The molecule has 0 unspecified atom stereocenters. The molecule has 0 fully saturated rings. The van der Waals surface area contributed by atoms with Crippen LogP contribution in [-0.2, 0) is 6.18 Å². The van der Waals surface area contributed by atoms with Gasteiger partial charge in [-0.1, -0.05) is 29.8 Å². The fraction of sp³-hybridized carbons (Fsp3) is 0.0455. The Morgan fingerprint density at radius 2 is 2.00 bits per heavy atom. The summed E-state index contributed by atoms with van der Waals surface area (Å²) in [7, 11) is 0. The minimum absolute atomic E-state index is 0.00509. The molecule has 4 rings (SSSR count). The zero-order valence-electron chi connectivity index (χ0n) is 15.9. The first-order valence-corrected chi connectivity index (χ1v) is 10.2. The summed E-state index contributed by atoms with van der Waals surface area (Å²) in [6, 6.07) is 13.8. The highest BCUT2D eigenvalue weighted by Gasteiger charge is 2.33. The van der Waals surface area contributed by atoms with E-state index in [1.165, 1.54) is 12.1 Å². The second-order valence-corrected chi connectivity index (χ2v) is 7.82. The fourth-order valence-electron chi connectivity index (χ4n) is 2.93. The molecular weight excluding hydrogens is 463 g/mol. The van der Waals surface area contributed by atoms with E-state index in [2.05, 4.69) is 10.3 Å². The number of benzene rings is 2. The molecule has 0 atom stereocenters. The number of aromatic nitrogens is 1. The largest absolute Gasteiger partial charge is 0.422 e. The number of alkyl halides is 3. The lowest BCUT2D eigenvalue weighted by atomic mass is 10.1. The first-order chi connectivity index (χ1) is 15.3. The predicted octanol–water partition coefficient (Wildman–Crippen LogP) is 6.57. The number of nitrogens with one attached hydrogen (secondary N) is 1. The number of hydrogen-bond donors (Lipinski definition) is 1. The summed E-state index contributed by atoms with van der Waals surface area (Å²) >= 11 is 6.75. The van der Waals surface area contributed by atoms with Gasteiger partial charge in [0.2, 0.25) is 0 Å². The average Bonchev–Trinajstić information content (AvgIpc) is 3.23. The molecule has 0 saturated carbocycles. The molecule has 10 heteroatoms. The lowest BCUT2D eigenvalue weighted by Gasteiger charge is -2.13. The Morgan fingerprint density at radius 3 is 2.75 bits per heavy atom. The summed E-state index contributed by atoms with van der Waals surface area (Å²) < 4.78 is 45.1. The Labute approximate surface area is 188 Å². The Bertz CT molecular complexity index is 1450. The number of para-hydroxylation sites is 1. The third-order valence-corrected chi connectivity index (χ3v) is 5.54. The SMILES string of the molecule is N#C/C(=C/Nc1ccc(Cl)cc1C(F)(F)F)c1nc(-c2cc3ccccc3oc2=O)cs1. The number of thiazole rings is 1. The van der Waals surface area contributed by atoms with Gasteiger partial charge >= 0.3 is 11.8 Å². The van der Waals surface area contributed by atoms with Crippen molar-refractivity contribution in [2.45, 2.75) is 6.18 Å². The molecule has 4 aromatic rings. The van der Waals surface area contributed by atoms with Crippen LogP contribution >= 0.6 is 22.9 Å². The summed E-state index contributed by atoms with van der Waals surface area (Å²) in [5.41, 5.74) is -0.871. The first-order valence-electron chi connectivity index (χ1n) is 8.99. The summed E-state index contributed by atoms with van der Waals surface area (Å²) in [5, 5.41) is 14.4. The van der Waals surface area contributed by atoms with Crippen molar-refractivity contribution in [2.24, 2.45) is 0 Å². The van der Waals surface area contributed by atoms with Crippen LogP contribution in [0.4, 0.5) is 18.9 Å². The van der Waals surface area contributed by atoms with Crippen LogP contribution in [0.5, 0.6) is 0 Å². The van der Waals surface area contributed by atoms with Crippen molar-refractivity contribution >= 4 is 45.2 Å². The molecule has 2 aromatic carbocycles. The highest BCUT2D eigenvalue weighted by molar-refractivity contribution is 7.11. The fourth-order valence-corrected chi connectivity index (χ4v) is 3.89. The number of hydrogen-bond acceptors (Lipinski definition) is 6. The van der Waals surface area contributed by atoms with Crippen molar-refractivity contribution in [2.75, 3.05) is 5.32 Å². The van der Waals surface area contributed by atoms with Crippen molar-refractivity contribution < 1.29 is 17.6 Å². The molecule has 0 saturated heterocycles. The number of halogens is 4. The molecular formula is C22H11ClF3N3O2S. The molecule has 0 bridgehead atoms. The minimum atomic E-state index is -4.63. The first kappa shape index (κ1) is 21.6. The third-order valence-electron chi connectivity index (χ3n) is 4.43. The van der Waals surface area contributed by atoms with Gasteiger partial charge in [0.15, 0.2) is 0 Å². The molecule has 2 heterocycles. The van der Waals surface area contributed by atoms with E-state index >= 15 is 0 Å². The number of anilines is 1. The standard InChI is InChI=1S/C22H11ClF3N3O2S/c23-14-5-6-17(16(8-14)22(24,25)26)28-10-13(9-27)20-29-18(11-32-20)15-7-12-3-1-2-4-19(12)31-21(15)30/h1-8,10-11,28H/b13-10-. The highest BCUT2D eigenvalue weighted by Crippen LogP contribution is 2.37. The average molecular weight is 474 g/mol. The van der Waals surface area contributed by atoms with E-state index in [0.717, 1.165) is 23.6 Å². The van der Waals surface area contributed by atoms with E-state index in [1.807, 2.05) is 6.07 Å². The number of nitrogens with zero attached hydrogens (tertiary/aromatic N) is 2. The Balaban J connectivity index is 1.67. The molecule has 0 aliphatic heterocycles. The normalized spacial score (nSPS) is 12.0. The van der Waals surface area contributed by atoms with Gasteiger partial charge in [-0.05, 0) is 30.3 Å². The van der Waals surface area contributed by atoms with Gasteiger partial charge in [-0.25, -0.2) is 9.78 Å². The lowest BCUT2D eigenvalue weighted by molar-refractivity contribution is -0.136. The minimum Gasteiger partial charge on any atom is -0.422 e. The molecule has 0 aliphatic carbocycles. The zero-order chi connectivity index (χ0) is 22.9. The number of fused-ring (bicyclic) bond motifs is 1. The van der Waals surface area contributed by atoms with Crippen LogP contribution in [0, 0.1) is 11.3 Å². The summed E-state index contributed by atoms with van der Waals surface area (Å²) in [5.74, 6) is 0. The molecule has 0 amide bonds. The van der Waals surface area contributed by atoms with Crippen molar-refractivity contribution in [3.63, 3.8) is 0 Å². The topological polar surface area (TPSA) is 78.9 Å². The van der Waals surface area contributed by atoms with E-state index in [1.54, 1.807) is 35.7 Å². The van der Waals surface area contributed by atoms with Gasteiger partial charge in [0.25, 0.3) is 0 Å². The molecule has 2 aromatic heterocycles. The quantitative estimate of drug-likeness (QED) is 0.268. The van der Waals surface area contributed by atoms with Gasteiger partial charge in [-0.2, -0.15) is 18.4 Å². The second kappa shape index (κ2) is 8.49. The Kier molecular flexibility index (Phi) is 5.74. The van der Waals surface area contributed by atoms with Crippen molar-refractivity contribution in [1.29, 1.82) is 5.26 Å². The van der Waals surface area contributed by atoms with Gasteiger partial charge < -0.3 is 9.73 Å². The maximum Gasteiger partial charge on any atom is 0.418 e. The molecule has 1 N–H and O–H groups in total. The highest BCUT2D eigenvalue weighted by atomic mass is 35.5. The van der Waals surface area contributed by atoms with Crippen LogP contribution in [0.3, 0.4) is 0 Å². The van der Waals surface area contributed by atoms with Crippen molar-refractivity contribution in [3.8, 4) is 17.3 Å². The van der Waals surface area contributed by atoms with E-state index < -0.39 is 17.4 Å². The van der Waals surface area contributed by atoms with Crippen molar-refractivity contribution in [3.05, 3.63) is 86.1 Å². The maximum absolute atomic E-state index is 13.3. The molecule has 0 spiro atoms. The molecule has 160 valence electrons. The van der Waals surface area contributed by atoms with Gasteiger partial charge in [0.1, 0.15) is 22.2 Å². The van der Waals surface area contributed by atoms with E-state index in [4.69, 9.17) is 16.0 Å². The van der Waals surface area contributed by atoms with Gasteiger partial charge in [0, 0.05) is 22.0 Å². The molecule has 5 nitrogen and oxygen atoms in total. The Hall–Kier alpha value is -3.61. The smallest absolute Gasteiger partial charge is 0.418 e. The predicted molar refractivity (Wildman–Crippen MR) is 117 cm³/mol. The summed E-state index contributed by atoms with van der Waals surface area (Å²) in [6.07, 6.45) is -3.50.